The van der Waals surface area contributed by atoms with Crippen LogP contribution in [0.3, 0.4) is 0 Å². The molecule has 0 bridgehead atoms. The summed E-state index contributed by atoms with van der Waals surface area (Å²) in [5.41, 5.74) is 6.73. The van der Waals surface area contributed by atoms with Crippen molar-refractivity contribution in [2.24, 2.45) is 5.73 Å². The van der Waals surface area contributed by atoms with E-state index in [9.17, 15) is 19.8 Å². The molecule has 5 N–H and O–H groups in total. The number of aliphatic hydroxyl groups is 1. The average molecular weight is 390 g/mol. The van der Waals surface area contributed by atoms with Crippen molar-refractivity contribution < 1.29 is 34.6 Å². The first-order chi connectivity index (χ1) is 13.4. The van der Waals surface area contributed by atoms with Gasteiger partial charge in [0.2, 0.25) is 0 Å². The molecule has 2 aromatic carbocycles. The Morgan fingerprint density at radius 2 is 1.68 bits per heavy atom. The van der Waals surface area contributed by atoms with Gasteiger partial charge in [-0.1, -0.05) is 42.5 Å². The van der Waals surface area contributed by atoms with Gasteiger partial charge in [0.1, 0.15) is 11.8 Å². The van der Waals surface area contributed by atoms with Gasteiger partial charge in [-0.05, 0) is 23.3 Å². The van der Waals surface area contributed by atoms with E-state index in [-0.39, 0.29) is 18.8 Å². The summed E-state index contributed by atoms with van der Waals surface area (Å²) in [5, 5.41) is 28.6. The predicted molar refractivity (Wildman–Crippen MR) is 97.5 cm³/mol. The Kier molecular flexibility index (Phi) is 7.90. The smallest absolute Gasteiger partial charge is 0.347 e. The van der Waals surface area contributed by atoms with E-state index in [0.29, 0.717) is 10.8 Å². The molecule has 9 nitrogen and oxygen atoms in total. The summed E-state index contributed by atoms with van der Waals surface area (Å²) in [4.78, 5) is 34.2. The number of nitrogens with two attached hydrogens (primary N) is 1. The fourth-order valence-electron chi connectivity index (χ4n) is 2.23. The van der Waals surface area contributed by atoms with Gasteiger partial charge in [0.05, 0.1) is 13.2 Å². The maximum absolute atomic E-state index is 12.0. The Morgan fingerprint density at radius 1 is 1.04 bits per heavy atom. The predicted octanol–water partition coefficient (Wildman–Crippen LogP) is 0.600. The molecule has 0 amide bonds. The van der Waals surface area contributed by atoms with Crippen molar-refractivity contribution >= 4 is 11.9 Å². The van der Waals surface area contributed by atoms with Crippen molar-refractivity contribution in [3.63, 3.8) is 0 Å². The molecule has 0 heterocycles. The second-order valence-corrected chi connectivity index (χ2v) is 5.97. The van der Waals surface area contributed by atoms with Crippen molar-refractivity contribution in [1.82, 2.24) is 5.23 Å². The highest BCUT2D eigenvalue weighted by Crippen LogP contribution is 2.16. The van der Waals surface area contributed by atoms with Crippen LogP contribution in [0.1, 0.15) is 11.1 Å². The second kappa shape index (κ2) is 10.4. The maximum atomic E-state index is 12.0. The quantitative estimate of drug-likeness (QED) is 0.429. The SMILES string of the molecule is N[C@@H](CO)C(=O)ON(OCc1ccccc1)[C@@H](Cc1ccc(O)cc1)C(=O)O. The second-order valence-electron chi connectivity index (χ2n) is 5.97. The van der Waals surface area contributed by atoms with E-state index in [1.807, 2.05) is 6.07 Å². The summed E-state index contributed by atoms with van der Waals surface area (Å²) in [7, 11) is 0. The molecule has 0 fully saturated rings. The first-order valence-corrected chi connectivity index (χ1v) is 8.45. The van der Waals surface area contributed by atoms with Crippen molar-refractivity contribution in [2.75, 3.05) is 6.61 Å². The molecule has 0 saturated heterocycles. The van der Waals surface area contributed by atoms with E-state index in [0.717, 1.165) is 5.56 Å². The van der Waals surface area contributed by atoms with Crippen LogP contribution in [-0.4, -0.2) is 51.2 Å². The Balaban J connectivity index is 2.19. The lowest BCUT2D eigenvalue weighted by molar-refractivity contribution is -0.367. The van der Waals surface area contributed by atoms with E-state index in [2.05, 4.69) is 0 Å². The number of hydroxylamine groups is 2. The Morgan fingerprint density at radius 3 is 2.25 bits per heavy atom. The van der Waals surface area contributed by atoms with E-state index < -0.39 is 30.6 Å². The molecule has 150 valence electrons. The minimum absolute atomic E-state index is 0.0353. The molecule has 0 saturated carbocycles. The molecule has 0 spiro atoms. The normalized spacial score (nSPS) is 13.1. The molecule has 0 unspecified atom stereocenters. The summed E-state index contributed by atoms with van der Waals surface area (Å²) in [5.74, 6) is -2.30. The highest BCUT2D eigenvalue weighted by atomic mass is 17.0. The number of hydrogen-bond donors (Lipinski definition) is 4. The fraction of sp³-hybridized carbons (Fsp3) is 0.263. The topological polar surface area (TPSA) is 143 Å². The molecule has 0 aliphatic heterocycles. The minimum Gasteiger partial charge on any atom is -0.508 e. The van der Waals surface area contributed by atoms with Crippen LogP contribution in [0.15, 0.2) is 54.6 Å². The number of carboxylic acids is 1. The average Bonchev–Trinajstić information content (AvgIpc) is 2.70. The summed E-state index contributed by atoms with van der Waals surface area (Å²) in [6.45, 7) is -0.719. The van der Waals surface area contributed by atoms with Gasteiger partial charge in [-0.3, -0.25) is 9.63 Å². The molecular weight excluding hydrogens is 368 g/mol. The van der Waals surface area contributed by atoms with Crippen LogP contribution in [0, 0.1) is 0 Å². The van der Waals surface area contributed by atoms with Crippen molar-refractivity contribution in [3.8, 4) is 5.75 Å². The summed E-state index contributed by atoms with van der Waals surface area (Å²) in [6.07, 6.45) is -0.0773. The molecule has 28 heavy (non-hydrogen) atoms. The van der Waals surface area contributed by atoms with Crippen LogP contribution < -0.4 is 5.73 Å². The van der Waals surface area contributed by atoms with Crippen LogP contribution >= 0.6 is 0 Å². The number of aliphatic hydroxyl groups excluding tert-OH is 1. The number of carbonyl (C=O) groups excluding carboxylic acids is 1. The summed E-state index contributed by atoms with van der Waals surface area (Å²) in [6, 6.07) is 12.1. The van der Waals surface area contributed by atoms with Gasteiger partial charge in [-0.2, -0.15) is 0 Å². The third-order valence-corrected chi connectivity index (χ3v) is 3.79. The van der Waals surface area contributed by atoms with Gasteiger partial charge >= 0.3 is 11.9 Å². The van der Waals surface area contributed by atoms with E-state index in [4.69, 9.17) is 20.5 Å². The molecule has 0 aromatic heterocycles. The number of nitrogens with zero attached hydrogens (tertiary/aromatic N) is 1. The molecular formula is C19H22N2O7. The van der Waals surface area contributed by atoms with Gasteiger partial charge in [0.25, 0.3) is 0 Å². The Hall–Kier alpha value is -2.98. The van der Waals surface area contributed by atoms with Crippen LogP contribution in [0.25, 0.3) is 0 Å². The van der Waals surface area contributed by atoms with Gasteiger partial charge in [-0.25, -0.2) is 4.79 Å². The molecule has 0 aliphatic rings. The fourth-order valence-corrected chi connectivity index (χ4v) is 2.23. The van der Waals surface area contributed by atoms with E-state index in [1.165, 1.54) is 12.1 Å². The first-order valence-electron chi connectivity index (χ1n) is 8.45. The van der Waals surface area contributed by atoms with Crippen LogP contribution in [-0.2, 0) is 32.3 Å². The largest absolute Gasteiger partial charge is 0.508 e. The molecule has 0 aliphatic carbocycles. The van der Waals surface area contributed by atoms with E-state index >= 15 is 0 Å². The zero-order valence-corrected chi connectivity index (χ0v) is 15.0. The number of carbonyl (C=O) groups is 2. The number of benzene rings is 2. The van der Waals surface area contributed by atoms with Crippen LogP contribution in [0.5, 0.6) is 5.75 Å². The summed E-state index contributed by atoms with van der Waals surface area (Å²) < 4.78 is 0. The Bertz CT molecular complexity index is 768. The monoisotopic (exact) mass is 390 g/mol. The van der Waals surface area contributed by atoms with Crippen LogP contribution in [0.2, 0.25) is 0 Å². The molecule has 0 radical (unpaired) electrons. The van der Waals surface area contributed by atoms with E-state index in [1.54, 1.807) is 36.4 Å². The number of phenolic OH excluding ortho intramolecular Hbond substituents is 1. The maximum Gasteiger partial charge on any atom is 0.347 e. The zero-order valence-electron chi connectivity index (χ0n) is 15.0. The number of carboxylic acid groups (broad SMARTS) is 1. The zero-order chi connectivity index (χ0) is 20.5. The number of rotatable bonds is 10. The van der Waals surface area contributed by atoms with Crippen molar-refractivity contribution in [2.45, 2.75) is 25.1 Å². The van der Waals surface area contributed by atoms with Crippen LogP contribution in [0.4, 0.5) is 0 Å². The van der Waals surface area contributed by atoms with Gasteiger partial charge in [0.15, 0.2) is 6.04 Å². The highest BCUT2D eigenvalue weighted by molar-refractivity contribution is 5.76. The number of hydrogen-bond acceptors (Lipinski definition) is 8. The number of phenols is 1. The van der Waals surface area contributed by atoms with Gasteiger partial charge < -0.3 is 25.9 Å². The highest BCUT2D eigenvalue weighted by Gasteiger charge is 2.32. The van der Waals surface area contributed by atoms with Crippen molar-refractivity contribution in [3.05, 3.63) is 65.7 Å². The first kappa shape index (κ1) is 21.3. The summed E-state index contributed by atoms with van der Waals surface area (Å²) >= 11 is 0. The molecule has 2 atom stereocenters. The lowest BCUT2D eigenvalue weighted by atomic mass is 10.1. The lowest BCUT2D eigenvalue weighted by Gasteiger charge is -2.27. The van der Waals surface area contributed by atoms with Crippen molar-refractivity contribution in [1.29, 1.82) is 0 Å². The molecule has 9 heteroatoms. The molecule has 2 aromatic rings. The third kappa shape index (κ3) is 6.32. The third-order valence-electron chi connectivity index (χ3n) is 3.79. The number of aromatic hydroxyl groups is 1. The molecule has 2 rings (SSSR count). The minimum atomic E-state index is -1.39. The lowest BCUT2D eigenvalue weighted by Crippen LogP contribution is -2.47. The Labute approximate surface area is 161 Å². The standard InChI is InChI=1S/C19H22N2O7/c20-16(11-22)19(26)28-21(27-12-14-4-2-1-3-5-14)17(18(24)25)10-13-6-8-15(23)9-7-13/h1-9,16-17,22-23H,10-12,20H2,(H,24,25)/t16-,17-/m0/s1. The van der Waals surface area contributed by atoms with Gasteiger partial charge in [-0.15, -0.1) is 0 Å². The number of aliphatic carboxylic acids is 1. The van der Waals surface area contributed by atoms with Gasteiger partial charge in [0, 0.05) is 11.6 Å².